The van der Waals surface area contributed by atoms with Gasteiger partial charge in [-0.2, -0.15) is 8.62 Å². The van der Waals surface area contributed by atoms with Gasteiger partial charge in [-0.05, 0) is 0 Å². The molecule has 5 aromatic heterocycles. The van der Waals surface area contributed by atoms with E-state index in [0.29, 0.717) is 4.57 Å². The fourth-order valence-corrected chi connectivity index (χ4v) is 12.3. The lowest BCUT2D eigenvalue weighted by Crippen LogP contribution is -2.46. The number of imidazole rings is 2. The fraction of sp³-hybridized carbons (Fsp3) is 0.548. The molecule has 3 aliphatic heterocycles. The number of nitrogens with zero attached hydrogens (tertiary/aromatic N) is 8. The largest absolute Gasteiger partial charge is 0.490 e. The summed E-state index contributed by atoms with van der Waals surface area (Å²) in [5.41, 5.74) is 8.72. The summed E-state index contributed by atoms with van der Waals surface area (Å²) in [6, 6.07) is 0.898. The monoisotopic (exact) mass is 1110 g/mol. The zero-order valence-electron chi connectivity index (χ0n) is 36.4. The molecule has 396 valence electrons. The average Bonchev–Trinajstić information content (AvgIpc) is 4.07. The molecular formula is C31H42FN12O24P4+. The zero-order valence-corrected chi connectivity index (χ0v) is 40.0. The van der Waals surface area contributed by atoms with Gasteiger partial charge in [0.05, 0.1) is 33.2 Å². The van der Waals surface area contributed by atoms with Crippen molar-refractivity contribution in [2.24, 2.45) is 7.05 Å². The van der Waals surface area contributed by atoms with Crippen LogP contribution in [0.4, 0.5) is 16.2 Å². The number of rotatable bonds is 19. The molecule has 41 heteroatoms. The smallest absolute Gasteiger partial charge is 0.387 e. The number of nitrogen functional groups attached to an aromatic ring is 2. The normalized spacial score (nSPS) is 31.1. The molecular weight excluding hydrogens is 1070 g/mol. The molecule has 3 aliphatic rings. The van der Waals surface area contributed by atoms with E-state index in [9.17, 15) is 67.5 Å². The van der Waals surface area contributed by atoms with E-state index in [1.54, 1.807) is 0 Å². The maximum atomic E-state index is 16.4. The van der Waals surface area contributed by atoms with Crippen LogP contribution in [-0.2, 0) is 71.0 Å². The van der Waals surface area contributed by atoms with Crippen molar-refractivity contribution in [1.82, 2.24) is 43.6 Å². The molecule has 36 nitrogen and oxygen atoms in total. The summed E-state index contributed by atoms with van der Waals surface area (Å²) in [5, 5.41) is 32.1. The Morgan fingerprint density at radius 2 is 1.42 bits per heavy atom. The van der Waals surface area contributed by atoms with Gasteiger partial charge in [0.15, 0.2) is 36.4 Å². The van der Waals surface area contributed by atoms with E-state index in [0.717, 1.165) is 36.6 Å². The Morgan fingerprint density at radius 1 is 0.792 bits per heavy atom. The number of aryl methyl sites for hydroxylation is 1. The zero-order chi connectivity index (χ0) is 52.4. The van der Waals surface area contributed by atoms with Crippen molar-refractivity contribution in [3.63, 3.8) is 0 Å². The Morgan fingerprint density at radius 3 is 2.07 bits per heavy atom. The van der Waals surface area contributed by atoms with Gasteiger partial charge in [-0.1, -0.05) is 4.98 Å². The predicted octanol–water partition coefficient (Wildman–Crippen LogP) is -3.90. The van der Waals surface area contributed by atoms with Crippen molar-refractivity contribution in [3.8, 4) is 0 Å². The van der Waals surface area contributed by atoms with Gasteiger partial charge in [-0.15, -0.1) is 0 Å². The number of phosphoric acid groups is 4. The molecule has 0 amide bonds. The lowest BCUT2D eigenvalue weighted by Gasteiger charge is -2.24. The summed E-state index contributed by atoms with van der Waals surface area (Å²) in [7, 11) is -21.1. The van der Waals surface area contributed by atoms with Crippen molar-refractivity contribution in [2.45, 2.75) is 73.7 Å². The molecule has 0 saturated carbocycles. The highest BCUT2D eigenvalue weighted by atomic mass is 31.3. The fourth-order valence-electron chi connectivity index (χ4n) is 7.80. The number of ether oxygens (including phenoxy) is 4. The summed E-state index contributed by atoms with van der Waals surface area (Å²) < 4.78 is 123. The van der Waals surface area contributed by atoms with E-state index >= 15 is 4.39 Å². The van der Waals surface area contributed by atoms with Gasteiger partial charge >= 0.3 is 42.6 Å². The van der Waals surface area contributed by atoms with Crippen LogP contribution in [0.2, 0.25) is 0 Å². The third-order valence-electron chi connectivity index (χ3n) is 10.9. The summed E-state index contributed by atoms with van der Waals surface area (Å²) in [5.74, 6) is -0.462. The van der Waals surface area contributed by atoms with Gasteiger partial charge in [0.1, 0.15) is 60.7 Å². The van der Waals surface area contributed by atoms with Crippen LogP contribution in [0.5, 0.6) is 0 Å². The minimum Gasteiger partial charge on any atom is -0.387 e. The lowest BCUT2D eigenvalue weighted by molar-refractivity contribution is -0.745. The van der Waals surface area contributed by atoms with Gasteiger partial charge in [0.25, 0.3) is 17.1 Å². The first kappa shape index (κ1) is 53.6. The maximum absolute atomic E-state index is 16.4. The minimum absolute atomic E-state index is 0.00854. The van der Waals surface area contributed by atoms with Crippen LogP contribution < -0.4 is 32.8 Å². The first-order chi connectivity index (χ1) is 33.7. The maximum Gasteiger partial charge on any atom is 0.490 e. The van der Waals surface area contributed by atoms with Crippen LogP contribution in [0.15, 0.2) is 45.6 Å². The van der Waals surface area contributed by atoms with Crippen LogP contribution >= 0.6 is 31.3 Å². The number of aromatic amines is 2. The molecule has 5 aromatic rings. The highest BCUT2D eigenvalue weighted by Gasteiger charge is 2.54. The molecule has 72 heavy (non-hydrogen) atoms. The van der Waals surface area contributed by atoms with E-state index in [4.69, 9.17) is 48.5 Å². The second-order valence-corrected chi connectivity index (χ2v) is 21.7. The minimum atomic E-state index is -6.22. The van der Waals surface area contributed by atoms with E-state index in [-0.39, 0.29) is 34.1 Å². The lowest BCUT2D eigenvalue weighted by atomic mass is 10.1. The van der Waals surface area contributed by atoms with Crippen molar-refractivity contribution in [2.75, 3.05) is 38.4 Å². The Labute approximate surface area is 397 Å². The molecule has 8 heterocycles. The molecule has 3 saturated heterocycles. The third kappa shape index (κ3) is 11.1. The molecule has 13 N–H and O–H groups in total. The molecule has 16 atom stereocenters. The van der Waals surface area contributed by atoms with Crippen LogP contribution in [0.25, 0.3) is 22.3 Å². The number of aliphatic hydroxyl groups is 3. The van der Waals surface area contributed by atoms with Gasteiger partial charge in [0, 0.05) is 19.4 Å². The topological polar surface area (TPSA) is 507 Å². The van der Waals surface area contributed by atoms with Gasteiger partial charge in [-0.25, -0.2) is 47.0 Å². The number of fused-ring (bicyclic) bond motifs is 2. The van der Waals surface area contributed by atoms with Crippen LogP contribution in [0, 0.1) is 0 Å². The summed E-state index contributed by atoms with van der Waals surface area (Å²) in [6.45, 7) is -3.56. The van der Waals surface area contributed by atoms with E-state index < -0.39 is 142 Å². The molecule has 0 spiro atoms. The molecule has 3 fully saturated rings. The van der Waals surface area contributed by atoms with E-state index in [1.165, 1.54) is 22.5 Å². The molecule has 0 aromatic carbocycles. The van der Waals surface area contributed by atoms with Crippen LogP contribution in [0.3, 0.4) is 0 Å². The first-order valence-corrected chi connectivity index (χ1v) is 26.2. The van der Waals surface area contributed by atoms with E-state index in [2.05, 4.69) is 33.5 Å². The number of nitrogens with one attached hydrogen (secondary N) is 2. The third-order valence-corrected chi connectivity index (χ3v) is 16.1. The molecule has 0 bridgehead atoms. The number of anilines is 2. The number of alkyl halides is 1. The van der Waals surface area contributed by atoms with Gasteiger partial charge in [0.2, 0.25) is 11.7 Å². The number of hydrogen-bond donors (Lipinski definition) is 11. The standard InChI is InChI=1S/C31H41FN12O24P4/c1-41-10-44(25-17(41)26(49)40-30(34)39-25)29-20(48)22(59-2)13(65-29)7-62-71(55,56)68-72(57,58)67-70(53,54)61-6-12-21(15(32)27(64-12)43-9-37-16-23(33)35-8-36-24(16)43)66-69(51,52)60-5-11-18(46)19(47)28(63-11)42-4-3-14(45)38-31(42)50/h3-4,8-13,15,18-22,27-29,46-48H,5-7H2,1-2H3,(H9-,33,34,35,36,38,39,40,45,49,50,51,52,53,54,55,56,57,58)/p+1/t11-,12-,13-,15+,18?,19+,20?,21?,22+,27-,28-,29-/m1/s1. The molecule has 8 rings (SSSR count). The summed E-state index contributed by atoms with van der Waals surface area (Å²) >= 11 is 0. The predicted molar refractivity (Wildman–Crippen MR) is 227 cm³/mol. The highest BCUT2D eigenvalue weighted by Crippen LogP contribution is 2.68. The number of hydrogen-bond acceptors (Lipinski definition) is 26. The first-order valence-electron chi connectivity index (χ1n) is 20.2. The number of H-pyrrole nitrogens is 2. The van der Waals surface area contributed by atoms with Crippen molar-refractivity contribution >= 4 is 65.4 Å². The molecule has 0 aliphatic carbocycles. The quantitative estimate of drug-likeness (QED) is 0.0278. The van der Waals surface area contributed by atoms with Gasteiger partial charge < -0.3 is 65.3 Å². The number of aromatic nitrogens is 10. The Bertz CT molecular complexity index is 3230. The van der Waals surface area contributed by atoms with Gasteiger partial charge in [-0.3, -0.25) is 51.4 Å². The number of methoxy groups -OCH3 is 1. The SMILES string of the molecule is CO[C@@H]1C(O)[C@H]([n+]2cn(C)c3c(=O)[nH]c(N)nc32)O[C@@H]1COP(=O)(O)OP(=O)(O)OP(=O)(O)OC[C@H]1O[C@@H](n2cnc3c(N)ncnc32)[C@@H](F)C1OP(=O)(O)OC[C@H]1O[C@@H](n2ccc(=O)[nH]c2=O)[C@@H](O)C1O. The number of aliphatic hydroxyl groups excluding tert-OH is 3. The van der Waals surface area contributed by atoms with Crippen molar-refractivity contribution in [3.05, 3.63) is 62.4 Å². The molecule has 0 radical (unpaired) electrons. The Kier molecular flexibility index (Phi) is 15.1. The number of phosphoric ester groups is 3. The van der Waals surface area contributed by atoms with Crippen molar-refractivity contribution < 1.29 is 108 Å². The Hall–Kier alpha value is -4.65. The second kappa shape index (κ2) is 20.2. The Balaban J connectivity index is 0.923. The summed E-state index contributed by atoms with van der Waals surface area (Å²) in [6.07, 6.45) is -17.7. The summed E-state index contributed by atoms with van der Waals surface area (Å²) in [4.78, 5) is 98.1. The molecule has 7 unspecified atom stereocenters. The van der Waals surface area contributed by atoms with Crippen LogP contribution in [-0.4, -0.2) is 160 Å². The second-order valence-electron chi connectivity index (χ2n) is 15.7. The highest BCUT2D eigenvalue weighted by molar-refractivity contribution is 7.66. The number of nitrogens with two attached hydrogens (primary N) is 2. The van der Waals surface area contributed by atoms with E-state index in [1.807, 2.05) is 4.98 Å². The number of halogens is 1. The van der Waals surface area contributed by atoms with Crippen LogP contribution in [0.1, 0.15) is 18.7 Å². The van der Waals surface area contributed by atoms with Crippen molar-refractivity contribution in [1.29, 1.82) is 0 Å². The average molecular weight is 1110 g/mol.